The zero-order valence-electron chi connectivity index (χ0n) is 4.14. The first kappa shape index (κ1) is 10.5. The minimum Gasteiger partial charge on any atom is -0.878 e. The summed E-state index contributed by atoms with van der Waals surface area (Å²) in [6, 6.07) is 0. The molecular weight excluding hydrogens is 160 g/mol. The van der Waals surface area contributed by atoms with E-state index in [0.29, 0.717) is 6.26 Å². The van der Waals surface area contributed by atoms with Gasteiger partial charge in [-0.05, 0) is 6.92 Å². The van der Waals surface area contributed by atoms with E-state index >= 15 is 0 Å². The van der Waals surface area contributed by atoms with E-state index in [2.05, 4.69) is 0 Å². The second-order valence-corrected chi connectivity index (χ2v) is 1.11. The van der Waals surface area contributed by atoms with Crippen LogP contribution in [0.25, 0.3) is 0 Å². The molecule has 0 atom stereocenters. The molecule has 0 aliphatic carbocycles. The van der Waals surface area contributed by atoms with Gasteiger partial charge in [0.25, 0.3) is 0 Å². The molecule has 3 nitrogen and oxygen atoms in total. The Bertz CT molecular complexity index is 108. The van der Waals surface area contributed by atoms with Crippen molar-refractivity contribution in [3.05, 3.63) is 11.8 Å². The Hall–Kier alpha value is -0.471. The number of aliphatic carboxylic acids is 1. The maximum Gasteiger partial charge on any atom is 1.00 e. The molecule has 0 aromatic heterocycles. The predicted molar refractivity (Wildman–Crippen MR) is 21.4 cm³/mol. The average Bonchev–Trinajstić information content (AvgIpc) is 1.65. The number of carboxylic acid groups (broad SMARTS) is 1. The monoisotopic (exact) mass is 164 g/mol. The van der Waals surface area contributed by atoms with Crippen LogP contribution < -0.4 is 5.11 Å². The molecule has 0 unspecified atom stereocenters. The molecule has 0 fully saturated rings. The van der Waals surface area contributed by atoms with Crippen LogP contribution in [0.5, 0.6) is 0 Å². The third-order valence-corrected chi connectivity index (χ3v) is 0.514. The van der Waals surface area contributed by atoms with Gasteiger partial charge in [-0.2, -0.15) is 0 Å². The third kappa shape index (κ3) is 3.71. The Labute approximate surface area is 57.5 Å². The van der Waals surface area contributed by atoms with E-state index in [1.807, 2.05) is 0 Å². The molecule has 8 heavy (non-hydrogen) atoms. The van der Waals surface area contributed by atoms with Gasteiger partial charge in [0.1, 0.15) is 0 Å². The van der Waals surface area contributed by atoms with Gasteiger partial charge in [0, 0.05) is 5.57 Å². The molecule has 0 bridgehead atoms. The molecule has 0 spiro atoms. The quantitative estimate of drug-likeness (QED) is 0.318. The van der Waals surface area contributed by atoms with Crippen LogP contribution in [-0.4, -0.2) is 11.1 Å². The van der Waals surface area contributed by atoms with Crippen LogP contribution in [0, 0.1) is 0 Å². The molecule has 0 heterocycles. The standard InChI is InChI=1S/C4H6O3.Cu/c1-3(2-5)4(6)7;/h2,5H,1H3,(H,6,7);/q;+1/p-1/b3-2+;. The van der Waals surface area contributed by atoms with Crippen molar-refractivity contribution >= 4 is 5.97 Å². The summed E-state index contributed by atoms with van der Waals surface area (Å²) >= 11 is 0. The van der Waals surface area contributed by atoms with Crippen LogP contribution in [0.4, 0.5) is 0 Å². The maximum atomic E-state index is 9.66. The topological polar surface area (TPSA) is 60.4 Å². The summed E-state index contributed by atoms with van der Waals surface area (Å²) in [6.45, 7) is 1.25. The molecule has 0 saturated heterocycles. The van der Waals surface area contributed by atoms with E-state index in [4.69, 9.17) is 5.11 Å². The third-order valence-electron chi connectivity index (χ3n) is 0.514. The molecule has 0 aromatic rings. The summed E-state index contributed by atoms with van der Waals surface area (Å²) in [5.74, 6) is -1.16. The molecule has 0 aliphatic rings. The van der Waals surface area contributed by atoms with Gasteiger partial charge >= 0.3 is 23.0 Å². The summed E-state index contributed by atoms with van der Waals surface area (Å²) in [4.78, 5) is 9.66. The minimum absolute atomic E-state index is 0. The molecule has 0 saturated carbocycles. The minimum atomic E-state index is -1.16. The number of rotatable bonds is 1. The largest absolute Gasteiger partial charge is 1.00 e. The van der Waals surface area contributed by atoms with E-state index < -0.39 is 5.97 Å². The van der Waals surface area contributed by atoms with Crippen molar-refractivity contribution in [1.29, 1.82) is 0 Å². The van der Waals surface area contributed by atoms with Crippen molar-refractivity contribution in [2.45, 2.75) is 6.92 Å². The fraction of sp³-hybridized carbons (Fsp3) is 0.250. The predicted octanol–water partition coefficient (Wildman–Crippen LogP) is -0.667. The molecule has 0 radical (unpaired) electrons. The Kier molecular flexibility index (Phi) is 6.15. The second kappa shape index (κ2) is 4.68. The molecule has 0 aromatic carbocycles. The average molecular weight is 165 g/mol. The van der Waals surface area contributed by atoms with Gasteiger partial charge in [-0.15, -0.1) is 6.26 Å². The van der Waals surface area contributed by atoms with Crippen molar-refractivity contribution in [3.8, 4) is 0 Å². The van der Waals surface area contributed by atoms with Gasteiger partial charge in [-0.3, -0.25) is 0 Å². The molecule has 0 rings (SSSR count). The van der Waals surface area contributed by atoms with E-state index in [0.717, 1.165) is 0 Å². The Morgan fingerprint density at radius 3 is 2.12 bits per heavy atom. The van der Waals surface area contributed by atoms with Crippen LogP contribution in [0.3, 0.4) is 0 Å². The summed E-state index contributed by atoms with van der Waals surface area (Å²) in [5.41, 5.74) is -0.167. The maximum absolute atomic E-state index is 9.66. The van der Waals surface area contributed by atoms with Gasteiger partial charge in [-0.1, -0.05) is 0 Å². The van der Waals surface area contributed by atoms with Crippen molar-refractivity contribution in [1.82, 2.24) is 0 Å². The normalized spacial score (nSPS) is 9.88. The Morgan fingerprint density at radius 1 is 1.75 bits per heavy atom. The van der Waals surface area contributed by atoms with E-state index in [-0.39, 0.29) is 22.6 Å². The second-order valence-electron chi connectivity index (χ2n) is 1.11. The van der Waals surface area contributed by atoms with Gasteiger partial charge in [0.15, 0.2) is 0 Å². The van der Waals surface area contributed by atoms with Crippen LogP contribution in [0.1, 0.15) is 6.92 Å². The van der Waals surface area contributed by atoms with E-state index in [1.54, 1.807) is 0 Å². The first-order valence-electron chi connectivity index (χ1n) is 1.70. The smallest absolute Gasteiger partial charge is 0.878 e. The number of carboxylic acids is 1. The van der Waals surface area contributed by atoms with Crippen LogP contribution in [0.15, 0.2) is 11.8 Å². The van der Waals surface area contributed by atoms with Crippen molar-refractivity contribution in [2.75, 3.05) is 0 Å². The van der Waals surface area contributed by atoms with Crippen LogP contribution >= 0.6 is 0 Å². The molecule has 50 valence electrons. The summed E-state index contributed by atoms with van der Waals surface area (Å²) in [6.07, 6.45) is 0.308. The SMILES string of the molecule is C/C(=C\[O-])C(=O)O.[Cu+]. The molecular formula is C4H5CuO3. The number of hydrogen-bond acceptors (Lipinski definition) is 2. The summed E-state index contributed by atoms with van der Waals surface area (Å²) < 4.78 is 0. The van der Waals surface area contributed by atoms with Gasteiger partial charge in [0.05, 0.1) is 0 Å². The van der Waals surface area contributed by atoms with Gasteiger partial charge < -0.3 is 10.2 Å². The molecule has 0 amide bonds. The van der Waals surface area contributed by atoms with Crippen molar-refractivity contribution in [3.63, 3.8) is 0 Å². The zero-order valence-corrected chi connectivity index (χ0v) is 5.08. The fourth-order valence-corrected chi connectivity index (χ4v) is 0.0504. The van der Waals surface area contributed by atoms with Gasteiger partial charge in [-0.25, -0.2) is 4.79 Å². The molecule has 0 aliphatic heterocycles. The van der Waals surface area contributed by atoms with Crippen LogP contribution in [0.2, 0.25) is 0 Å². The summed E-state index contributed by atoms with van der Waals surface area (Å²) in [7, 11) is 0. The van der Waals surface area contributed by atoms with Crippen LogP contribution in [-0.2, 0) is 21.9 Å². The number of hydrogen-bond donors (Lipinski definition) is 1. The van der Waals surface area contributed by atoms with Gasteiger partial charge in [0.2, 0.25) is 0 Å². The van der Waals surface area contributed by atoms with Crippen molar-refractivity contribution in [2.24, 2.45) is 0 Å². The molecule has 1 N–H and O–H groups in total. The Balaban J connectivity index is 0. The van der Waals surface area contributed by atoms with E-state index in [1.165, 1.54) is 6.92 Å². The molecule has 4 heteroatoms. The first-order valence-corrected chi connectivity index (χ1v) is 1.70. The summed E-state index contributed by atoms with van der Waals surface area (Å²) in [5, 5.41) is 17.4. The Morgan fingerprint density at radius 2 is 2.12 bits per heavy atom. The first-order chi connectivity index (χ1) is 3.18. The fourth-order valence-electron chi connectivity index (χ4n) is 0.0504. The zero-order chi connectivity index (χ0) is 5.86. The van der Waals surface area contributed by atoms with Crippen molar-refractivity contribution < 1.29 is 32.1 Å². The van der Waals surface area contributed by atoms with E-state index in [9.17, 15) is 9.90 Å². The number of carbonyl (C=O) groups is 1.